The van der Waals surface area contributed by atoms with E-state index in [1.165, 1.54) is 30.7 Å². The van der Waals surface area contributed by atoms with Crippen molar-refractivity contribution in [3.05, 3.63) is 22.4 Å². The Balaban J connectivity index is 0.00000261. The van der Waals surface area contributed by atoms with Gasteiger partial charge in [-0.15, -0.1) is 35.3 Å². The first-order chi connectivity index (χ1) is 12.6. The minimum Gasteiger partial charge on any atom is -0.388 e. The minimum absolute atomic E-state index is 0. The molecule has 0 radical (unpaired) electrons. The Kier molecular flexibility index (Phi) is 9.31. The van der Waals surface area contributed by atoms with Crippen molar-refractivity contribution in [1.82, 2.24) is 15.5 Å². The Hall–Kier alpha value is -0.380. The van der Waals surface area contributed by atoms with E-state index in [1.54, 1.807) is 0 Å². The lowest BCUT2D eigenvalue weighted by molar-refractivity contribution is 0.00856. The predicted octanol–water partition coefficient (Wildman–Crippen LogP) is 3.61. The molecule has 2 aliphatic rings. The first kappa shape index (κ1) is 22.9. The van der Waals surface area contributed by atoms with Crippen LogP contribution in [0.2, 0.25) is 0 Å². The van der Waals surface area contributed by atoms with Crippen LogP contribution in [0.15, 0.2) is 22.5 Å². The van der Waals surface area contributed by atoms with E-state index in [9.17, 15) is 5.11 Å². The zero-order valence-electron chi connectivity index (χ0n) is 16.6. The maximum Gasteiger partial charge on any atom is 0.191 e. The molecule has 1 aliphatic carbocycles. The number of hydrogen-bond donors (Lipinski definition) is 3. The smallest absolute Gasteiger partial charge is 0.191 e. The van der Waals surface area contributed by atoms with Gasteiger partial charge in [0, 0.05) is 31.1 Å². The third kappa shape index (κ3) is 6.30. The van der Waals surface area contributed by atoms with Crippen molar-refractivity contribution in [3.8, 4) is 0 Å². The van der Waals surface area contributed by atoms with E-state index in [-0.39, 0.29) is 24.0 Å². The minimum atomic E-state index is -0.569. The molecule has 1 saturated heterocycles. The molecule has 0 amide bonds. The molecule has 154 valence electrons. The van der Waals surface area contributed by atoms with Crippen LogP contribution in [0.25, 0.3) is 0 Å². The van der Waals surface area contributed by atoms with Crippen molar-refractivity contribution in [2.45, 2.75) is 56.6 Å². The van der Waals surface area contributed by atoms with Crippen LogP contribution in [0.1, 0.15) is 55.9 Å². The van der Waals surface area contributed by atoms with Crippen LogP contribution in [0, 0.1) is 5.92 Å². The Bertz CT molecular complexity index is 575. The van der Waals surface area contributed by atoms with Gasteiger partial charge in [0.05, 0.1) is 5.60 Å². The topological polar surface area (TPSA) is 59.9 Å². The van der Waals surface area contributed by atoms with E-state index in [0.717, 1.165) is 38.2 Å². The number of likely N-dealkylation sites (tertiary alicyclic amines) is 1. The zero-order chi connectivity index (χ0) is 18.4. The van der Waals surface area contributed by atoms with Crippen LogP contribution >= 0.6 is 35.3 Å². The van der Waals surface area contributed by atoms with E-state index in [1.807, 2.05) is 18.4 Å². The van der Waals surface area contributed by atoms with Crippen LogP contribution in [0.5, 0.6) is 0 Å². The number of aliphatic hydroxyl groups is 1. The van der Waals surface area contributed by atoms with Gasteiger partial charge in [-0.05, 0) is 56.6 Å². The van der Waals surface area contributed by atoms with E-state index in [4.69, 9.17) is 0 Å². The normalized spacial score (nSPS) is 26.3. The maximum absolute atomic E-state index is 10.7. The van der Waals surface area contributed by atoms with Crippen LogP contribution in [-0.2, 0) is 0 Å². The molecule has 0 aromatic carbocycles. The Morgan fingerprint density at radius 1 is 1.30 bits per heavy atom. The summed E-state index contributed by atoms with van der Waals surface area (Å²) < 4.78 is 0. The van der Waals surface area contributed by atoms with E-state index < -0.39 is 5.60 Å². The lowest BCUT2D eigenvalue weighted by Gasteiger charge is -2.39. The van der Waals surface area contributed by atoms with Crippen LogP contribution < -0.4 is 10.6 Å². The van der Waals surface area contributed by atoms with E-state index in [0.29, 0.717) is 18.5 Å². The molecule has 2 fully saturated rings. The van der Waals surface area contributed by atoms with Gasteiger partial charge in [-0.25, -0.2) is 0 Å². The molecule has 1 saturated carbocycles. The fourth-order valence-electron chi connectivity index (χ4n) is 4.47. The summed E-state index contributed by atoms with van der Waals surface area (Å²) in [6.07, 6.45) is 7.77. The monoisotopic (exact) mass is 506 g/mol. The highest BCUT2D eigenvalue weighted by Gasteiger charge is 2.32. The number of thiophene rings is 1. The third-order valence-corrected chi connectivity index (χ3v) is 6.91. The molecule has 2 heterocycles. The summed E-state index contributed by atoms with van der Waals surface area (Å²) in [4.78, 5) is 8.31. The van der Waals surface area contributed by atoms with Crippen molar-refractivity contribution in [1.29, 1.82) is 0 Å². The fraction of sp³-hybridized carbons (Fsp3) is 0.750. The first-order valence-corrected chi connectivity index (χ1v) is 10.9. The average Bonchev–Trinajstić information content (AvgIpc) is 3.16. The summed E-state index contributed by atoms with van der Waals surface area (Å²) in [5, 5.41) is 19.7. The van der Waals surface area contributed by atoms with E-state index in [2.05, 4.69) is 45.1 Å². The van der Waals surface area contributed by atoms with Crippen LogP contribution in [0.3, 0.4) is 0 Å². The molecule has 0 bridgehead atoms. The quantitative estimate of drug-likeness (QED) is 0.325. The van der Waals surface area contributed by atoms with Gasteiger partial charge in [-0.2, -0.15) is 0 Å². The van der Waals surface area contributed by atoms with Gasteiger partial charge in [0.15, 0.2) is 5.96 Å². The first-order valence-electron chi connectivity index (χ1n) is 10.0. The molecular formula is C20H35IN4OS. The lowest BCUT2D eigenvalue weighted by Crippen LogP contribution is -2.50. The fourth-order valence-corrected chi connectivity index (χ4v) is 5.45. The number of nitrogens with zero attached hydrogens (tertiary/aromatic N) is 2. The molecule has 0 spiro atoms. The third-order valence-electron chi connectivity index (χ3n) is 5.97. The molecule has 5 nitrogen and oxygen atoms in total. The van der Waals surface area contributed by atoms with Gasteiger partial charge >= 0.3 is 0 Å². The van der Waals surface area contributed by atoms with Crippen molar-refractivity contribution < 1.29 is 5.11 Å². The van der Waals surface area contributed by atoms with Gasteiger partial charge < -0.3 is 15.7 Å². The molecular weight excluding hydrogens is 471 g/mol. The number of piperidine rings is 1. The van der Waals surface area contributed by atoms with Crippen molar-refractivity contribution in [2.75, 3.05) is 33.7 Å². The number of halogens is 1. The molecule has 3 rings (SSSR count). The molecule has 7 heteroatoms. The second-order valence-corrected chi connectivity index (χ2v) is 8.91. The standard InChI is InChI=1S/C20H34N4OS.HI/c1-21-19(23-15-20(25)10-4-3-5-11-20)22-14-16-8-6-12-24(2)18(16)17-9-7-13-26-17;/h7,9,13,16,18,25H,3-6,8,10-12,14-15H2,1-2H3,(H2,21,22,23);1H. The molecule has 2 atom stereocenters. The lowest BCUT2D eigenvalue weighted by atomic mass is 9.85. The average molecular weight is 506 g/mol. The number of nitrogens with one attached hydrogen (secondary N) is 2. The summed E-state index contributed by atoms with van der Waals surface area (Å²) in [6, 6.07) is 4.89. The second kappa shape index (κ2) is 11.0. The highest BCUT2D eigenvalue weighted by Crippen LogP contribution is 2.36. The van der Waals surface area contributed by atoms with Gasteiger partial charge in [0.25, 0.3) is 0 Å². The Morgan fingerprint density at radius 3 is 2.74 bits per heavy atom. The molecule has 1 aromatic rings. The van der Waals surface area contributed by atoms with Crippen molar-refractivity contribution in [2.24, 2.45) is 10.9 Å². The largest absolute Gasteiger partial charge is 0.388 e. The summed E-state index contributed by atoms with van der Waals surface area (Å²) >= 11 is 1.86. The van der Waals surface area contributed by atoms with Crippen molar-refractivity contribution in [3.63, 3.8) is 0 Å². The van der Waals surface area contributed by atoms with Crippen molar-refractivity contribution >= 4 is 41.3 Å². The number of hydrogen-bond acceptors (Lipinski definition) is 4. The molecule has 1 aliphatic heterocycles. The zero-order valence-corrected chi connectivity index (χ0v) is 19.8. The van der Waals surface area contributed by atoms with Crippen LogP contribution in [-0.4, -0.2) is 55.3 Å². The van der Waals surface area contributed by atoms with Gasteiger partial charge in [0.1, 0.15) is 0 Å². The molecule has 27 heavy (non-hydrogen) atoms. The summed E-state index contributed by atoms with van der Waals surface area (Å²) in [5.74, 6) is 1.38. The number of aliphatic imine (C=N–C) groups is 1. The summed E-state index contributed by atoms with van der Waals surface area (Å²) in [6.45, 7) is 2.66. The highest BCUT2D eigenvalue weighted by atomic mass is 127. The SMILES string of the molecule is CN=C(NCC1CCCN(C)C1c1cccs1)NCC1(O)CCCCC1.I. The molecule has 3 N–H and O–H groups in total. The molecule has 2 unspecified atom stereocenters. The Labute approximate surface area is 185 Å². The second-order valence-electron chi connectivity index (χ2n) is 7.93. The maximum atomic E-state index is 10.7. The number of rotatable bonds is 5. The van der Waals surface area contributed by atoms with Crippen LogP contribution in [0.4, 0.5) is 0 Å². The summed E-state index contributed by atoms with van der Waals surface area (Å²) in [7, 11) is 4.05. The predicted molar refractivity (Wildman–Crippen MR) is 125 cm³/mol. The van der Waals surface area contributed by atoms with E-state index >= 15 is 0 Å². The van der Waals surface area contributed by atoms with Gasteiger partial charge in [-0.3, -0.25) is 9.89 Å². The summed E-state index contributed by atoms with van der Waals surface area (Å²) in [5.41, 5.74) is -0.569. The highest BCUT2D eigenvalue weighted by molar-refractivity contribution is 14.0. The van der Waals surface area contributed by atoms with Gasteiger partial charge in [-0.1, -0.05) is 25.3 Å². The van der Waals surface area contributed by atoms with Gasteiger partial charge in [0.2, 0.25) is 0 Å². The molecule has 1 aromatic heterocycles. The Morgan fingerprint density at radius 2 is 2.07 bits per heavy atom. The number of guanidine groups is 1.